The van der Waals surface area contributed by atoms with Crippen molar-refractivity contribution < 1.29 is 32.6 Å². The highest BCUT2D eigenvalue weighted by atomic mass is 32.2. The van der Waals surface area contributed by atoms with Crippen LogP contribution in [0.5, 0.6) is 0 Å². The average Bonchev–Trinajstić information content (AvgIpc) is 3.44. The first-order chi connectivity index (χ1) is 15.6. The van der Waals surface area contributed by atoms with Crippen molar-refractivity contribution in [2.24, 2.45) is 28.4 Å². The molecular formula is C22H25N3O7S. The molecule has 3 aliphatic rings. The molecule has 0 aromatic heterocycles. The third kappa shape index (κ3) is 3.48. The molecule has 3 fully saturated rings. The lowest BCUT2D eigenvalue weighted by atomic mass is 9.70. The second kappa shape index (κ2) is 8.11. The standard InChI is InChI=1S/C22H25N3O7S/c23-13-21(19(24)27)12-17(21)22(20(28)29)11-15(33(30,31)14-4-2-1-3-5-14)10-16(22)18(26)25-6-8-32-9-7-25/h1-5,15-17H,6-12H2,(H2,24,27)(H,28,29)/t15-,16+,17?,21?,22+/m1/s1. The molecule has 1 aromatic rings. The van der Waals surface area contributed by atoms with Crippen LogP contribution in [0.1, 0.15) is 19.3 Å². The van der Waals surface area contributed by atoms with E-state index in [9.17, 15) is 33.2 Å². The molecule has 2 saturated carbocycles. The smallest absolute Gasteiger partial charge is 0.310 e. The number of benzene rings is 1. The van der Waals surface area contributed by atoms with Gasteiger partial charge in [-0.3, -0.25) is 14.4 Å². The lowest BCUT2D eigenvalue weighted by Gasteiger charge is -2.36. The van der Waals surface area contributed by atoms with Gasteiger partial charge in [-0.05, 0) is 31.4 Å². The van der Waals surface area contributed by atoms with E-state index in [0.29, 0.717) is 0 Å². The van der Waals surface area contributed by atoms with Gasteiger partial charge in [-0.2, -0.15) is 5.26 Å². The largest absolute Gasteiger partial charge is 0.481 e. The van der Waals surface area contributed by atoms with Crippen molar-refractivity contribution in [3.8, 4) is 6.07 Å². The summed E-state index contributed by atoms with van der Waals surface area (Å²) in [6.45, 7) is 1.09. The number of carboxylic acids is 1. The molecule has 0 bridgehead atoms. The van der Waals surface area contributed by atoms with Crippen LogP contribution in [0, 0.1) is 34.0 Å². The number of amides is 2. The molecule has 1 aliphatic heterocycles. The summed E-state index contributed by atoms with van der Waals surface area (Å²) in [6, 6.07) is 9.50. The fourth-order valence-corrected chi connectivity index (χ4v) is 7.41. The number of carbonyl (C=O) groups excluding carboxylic acids is 2. The van der Waals surface area contributed by atoms with Crippen LogP contribution in [-0.4, -0.2) is 67.8 Å². The number of sulfone groups is 1. The number of nitrogens with two attached hydrogens (primary N) is 1. The molecule has 1 heterocycles. The van der Waals surface area contributed by atoms with E-state index in [0.717, 1.165) is 0 Å². The van der Waals surface area contributed by atoms with Crippen molar-refractivity contribution in [3.63, 3.8) is 0 Å². The van der Waals surface area contributed by atoms with E-state index < -0.39 is 55.5 Å². The van der Waals surface area contributed by atoms with Gasteiger partial charge in [-0.15, -0.1) is 0 Å². The summed E-state index contributed by atoms with van der Waals surface area (Å²) in [5.41, 5.74) is 1.83. The van der Waals surface area contributed by atoms with Crippen LogP contribution in [0.3, 0.4) is 0 Å². The average molecular weight is 476 g/mol. The Hall–Kier alpha value is -2.97. The molecule has 33 heavy (non-hydrogen) atoms. The highest BCUT2D eigenvalue weighted by Crippen LogP contribution is 2.68. The first-order valence-corrected chi connectivity index (χ1v) is 12.3. The minimum atomic E-state index is -3.97. The maximum Gasteiger partial charge on any atom is 0.310 e. The lowest BCUT2D eigenvalue weighted by molar-refractivity contribution is -0.161. The van der Waals surface area contributed by atoms with Crippen LogP contribution in [0.25, 0.3) is 0 Å². The maximum absolute atomic E-state index is 13.5. The van der Waals surface area contributed by atoms with Gasteiger partial charge in [0.25, 0.3) is 0 Å². The van der Waals surface area contributed by atoms with Crippen LogP contribution in [0.4, 0.5) is 0 Å². The Labute approximate surface area is 191 Å². The normalized spacial score (nSPS) is 33.8. The van der Waals surface area contributed by atoms with E-state index in [1.54, 1.807) is 18.2 Å². The fourth-order valence-electron chi connectivity index (χ4n) is 5.55. The quantitative estimate of drug-likeness (QED) is 0.587. The SMILES string of the molecule is N#CC1(C(N)=O)CC1[C@]1(C(=O)O)C[C@H](S(=O)(=O)c2ccccc2)C[C@H]1C(=O)N1CCOCC1. The van der Waals surface area contributed by atoms with Crippen molar-refractivity contribution >= 4 is 27.6 Å². The molecule has 2 unspecified atom stereocenters. The van der Waals surface area contributed by atoms with Crippen molar-refractivity contribution in [2.45, 2.75) is 29.4 Å². The van der Waals surface area contributed by atoms with Gasteiger partial charge in [0.1, 0.15) is 5.41 Å². The number of morpholine rings is 1. The molecule has 10 nitrogen and oxygen atoms in total. The Morgan fingerprint density at radius 1 is 1.15 bits per heavy atom. The predicted molar refractivity (Wildman–Crippen MR) is 113 cm³/mol. The highest BCUT2D eigenvalue weighted by molar-refractivity contribution is 7.92. The Morgan fingerprint density at radius 3 is 2.30 bits per heavy atom. The molecule has 5 atom stereocenters. The minimum absolute atomic E-state index is 0.0333. The van der Waals surface area contributed by atoms with Crippen molar-refractivity contribution in [3.05, 3.63) is 30.3 Å². The summed E-state index contributed by atoms with van der Waals surface area (Å²) in [5, 5.41) is 18.9. The molecule has 2 aliphatic carbocycles. The number of aliphatic carboxylic acids is 1. The minimum Gasteiger partial charge on any atom is -0.481 e. The van der Waals surface area contributed by atoms with E-state index in [-0.39, 0.29) is 50.5 Å². The number of carboxylic acid groups (broad SMARTS) is 1. The number of hydrogen-bond acceptors (Lipinski definition) is 7. The first-order valence-electron chi connectivity index (χ1n) is 10.7. The zero-order valence-electron chi connectivity index (χ0n) is 17.8. The molecule has 3 N–H and O–H groups in total. The molecular weight excluding hydrogens is 450 g/mol. The molecule has 4 rings (SSSR count). The number of hydrogen-bond donors (Lipinski definition) is 2. The van der Waals surface area contributed by atoms with E-state index in [1.807, 2.05) is 6.07 Å². The van der Waals surface area contributed by atoms with E-state index in [1.165, 1.54) is 17.0 Å². The summed E-state index contributed by atoms with van der Waals surface area (Å²) in [6.07, 6.45) is -0.700. The zero-order chi connectivity index (χ0) is 24.0. The molecule has 0 spiro atoms. The topological polar surface area (TPSA) is 168 Å². The Balaban J connectivity index is 1.79. The maximum atomic E-state index is 13.5. The predicted octanol–water partition coefficient (Wildman–Crippen LogP) is 0.184. The van der Waals surface area contributed by atoms with Crippen molar-refractivity contribution in [1.29, 1.82) is 5.26 Å². The van der Waals surface area contributed by atoms with Gasteiger partial charge in [0, 0.05) is 19.0 Å². The number of nitrogens with zero attached hydrogens (tertiary/aromatic N) is 2. The van der Waals surface area contributed by atoms with E-state index in [4.69, 9.17) is 10.5 Å². The van der Waals surface area contributed by atoms with Crippen LogP contribution in [0.15, 0.2) is 35.2 Å². The fraction of sp³-hybridized carbons (Fsp3) is 0.545. The number of nitriles is 1. The van der Waals surface area contributed by atoms with Crippen molar-refractivity contribution in [2.75, 3.05) is 26.3 Å². The lowest BCUT2D eigenvalue weighted by Crippen LogP contribution is -2.50. The van der Waals surface area contributed by atoms with Crippen LogP contribution in [-0.2, 0) is 29.0 Å². The van der Waals surface area contributed by atoms with Gasteiger partial charge in [0.15, 0.2) is 9.84 Å². The Kier molecular flexibility index (Phi) is 5.70. The summed E-state index contributed by atoms with van der Waals surface area (Å²) in [5.74, 6) is -5.09. The molecule has 0 radical (unpaired) electrons. The summed E-state index contributed by atoms with van der Waals surface area (Å²) in [7, 11) is -3.97. The van der Waals surface area contributed by atoms with Gasteiger partial charge in [-0.1, -0.05) is 18.2 Å². The number of rotatable bonds is 6. The van der Waals surface area contributed by atoms with Gasteiger partial charge in [0.2, 0.25) is 11.8 Å². The Morgan fingerprint density at radius 2 is 1.79 bits per heavy atom. The summed E-state index contributed by atoms with van der Waals surface area (Å²) in [4.78, 5) is 39.9. The van der Waals surface area contributed by atoms with Gasteiger partial charge in [0.05, 0.1) is 40.8 Å². The highest BCUT2D eigenvalue weighted by Gasteiger charge is 2.76. The number of carbonyl (C=O) groups is 3. The van der Waals surface area contributed by atoms with Crippen molar-refractivity contribution in [1.82, 2.24) is 4.90 Å². The summed E-state index contributed by atoms with van der Waals surface area (Å²) < 4.78 is 32.1. The van der Waals surface area contributed by atoms with Crippen LogP contribution < -0.4 is 5.73 Å². The van der Waals surface area contributed by atoms with Crippen LogP contribution in [0.2, 0.25) is 0 Å². The molecule has 11 heteroatoms. The summed E-state index contributed by atoms with van der Waals surface area (Å²) >= 11 is 0. The third-order valence-corrected chi connectivity index (χ3v) is 9.60. The third-order valence-electron chi connectivity index (χ3n) is 7.44. The van der Waals surface area contributed by atoms with Gasteiger partial charge < -0.3 is 20.5 Å². The molecule has 176 valence electrons. The number of primary amides is 1. The zero-order valence-corrected chi connectivity index (χ0v) is 18.7. The first kappa shape index (κ1) is 23.2. The Bertz CT molecular complexity index is 1130. The van der Waals surface area contributed by atoms with Gasteiger partial charge in [-0.25, -0.2) is 8.42 Å². The second-order valence-corrected chi connectivity index (χ2v) is 11.2. The monoisotopic (exact) mass is 475 g/mol. The number of ether oxygens (including phenoxy) is 1. The van der Waals surface area contributed by atoms with E-state index >= 15 is 0 Å². The molecule has 2 amide bonds. The second-order valence-electron chi connectivity index (χ2n) is 8.96. The molecule has 1 aromatic carbocycles. The molecule has 1 saturated heterocycles. The van der Waals surface area contributed by atoms with E-state index in [2.05, 4.69) is 0 Å². The van der Waals surface area contributed by atoms with Gasteiger partial charge >= 0.3 is 5.97 Å². The van der Waals surface area contributed by atoms with Crippen LogP contribution >= 0.6 is 0 Å².